The molecule has 0 saturated carbocycles. The SMILES string of the molecule is [2H]c1c([2H])c2c([2H])c([2H])c3c([2H])c([2H])c(-c4ccc(-c5ccc6c(c5)-c5cc7ccccc7cc5C6)c(-c5c([2H])c([2H])c6c([2H])c([2H])c7c([2H])c([2H])c([2H])c8c([2H])c([2H])c5c6c78)c4)c4c([2H])c([2H])c(c1[2H])c2c34. The maximum absolute atomic E-state index is 9.86. The number of rotatable bonds is 3. The standard InChI is InChI=1S/C55H32/c1-2-6-39-29-50-43(27-38(39)5-1)28-40-15-16-41(30-49(40)50)45-23-21-42(44-22-17-36-13-11-32-7-3-9-34-19-25-47(44)54(36)52(32)34)31-51(45)46-24-18-37-14-12-33-8-4-10-35-20-26-48(46)55(37)53(33)35/h1-27,29-31H,28H2/i3D,4D,7D,8D,9D,10D,11D,12D,13D,14D,17D,18D,19D,20D,22D,24D,25D,26D. The van der Waals surface area contributed by atoms with E-state index in [4.69, 9.17) is 12.3 Å². The average molecular weight is 711 g/mol. The third kappa shape index (κ3) is 4.12. The number of fused-ring (bicyclic) bond motifs is 4. The maximum atomic E-state index is 9.86. The zero-order valence-corrected chi connectivity index (χ0v) is 28.6. The van der Waals surface area contributed by atoms with Crippen LogP contribution >= 0.6 is 0 Å². The predicted octanol–water partition coefficient (Wildman–Crippen LogP) is 15.2. The summed E-state index contributed by atoms with van der Waals surface area (Å²) in [7, 11) is 0. The molecule has 55 heavy (non-hydrogen) atoms. The fourth-order valence-electron chi connectivity index (χ4n) is 8.74. The van der Waals surface area contributed by atoms with Crippen LogP contribution in [0.1, 0.15) is 35.8 Å². The second kappa shape index (κ2) is 10.8. The number of hydrogen-bond acceptors (Lipinski definition) is 0. The van der Waals surface area contributed by atoms with E-state index in [0.29, 0.717) is 17.5 Å². The van der Waals surface area contributed by atoms with Crippen molar-refractivity contribution in [3.8, 4) is 44.5 Å². The Kier molecular flexibility index (Phi) is 3.41. The molecule has 1 aliphatic rings. The largest absolute Gasteiger partial charge is 0.0630 e. The highest BCUT2D eigenvalue weighted by Gasteiger charge is 2.22. The molecule has 0 heteroatoms. The second-order valence-corrected chi connectivity index (χ2v) is 14.2. The van der Waals surface area contributed by atoms with Gasteiger partial charge in [-0.15, -0.1) is 0 Å². The fourth-order valence-corrected chi connectivity index (χ4v) is 8.74. The molecule has 0 radical (unpaired) electrons. The van der Waals surface area contributed by atoms with E-state index in [2.05, 4.69) is 18.2 Å². The van der Waals surface area contributed by atoms with Crippen molar-refractivity contribution in [2.75, 3.05) is 0 Å². The molecule has 1 aliphatic carbocycles. The first-order valence-electron chi connectivity index (χ1n) is 26.9. The Morgan fingerprint density at radius 3 is 1.47 bits per heavy atom. The number of hydrogen-bond donors (Lipinski definition) is 0. The first-order valence-corrected chi connectivity index (χ1v) is 17.9. The highest BCUT2D eigenvalue weighted by atomic mass is 14.3. The van der Waals surface area contributed by atoms with Crippen molar-refractivity contribution in [3.63, 3.8) is 0 Å². The minimum atomic E-state index is -0.604. The van der Waals surface area contributed by atoms with E-state index in [-0.39, 0.29) is 86.9 Å². The van der Waals surface area contributed by atoms with Gasteiger partial charge in [0.1, 0.15) is 0 Å². The first-order chi connectivity index (χ1) is 34.8. The van der Waals surface area contributed by atoms with Gasteiger partial charge in [-0.2, -0.15) is 0 Å². The van der Waals surface area contributed by atoms with Crippen LogP contribution in [-0.2, 0) is 6.42 Å². The van der Waals surface area contributed by atoms with Crippen LogP contribution in [0.4, 0.5) is 0 Å². The smallest absolute Gasteiger partial charge is 0.0616 e. The van der Waals surface area contributed by atoms with Crippen LogP contribution in [0.3, 0.4) is 0 Å². The first kappa shape index (κ1) is 17.4. The maximum Gasteiger partial charge on any atom is 0.0630 e. The molecular formula is C55H32. The van der Waals surface area contributed by atoms with E-state index in [0.717, 1.165) is 33.0 Å². The minimum Gasteiger partial charge on any atom is -0.0616 e. The monoisotopic (exact) mass is 710 g/mol. The molecule has 0 unspecified atom stereocenters. The summed E-state index contributed by atoms with van der Waals surface area (Å²) in [5.74, 6) is 0. The molecule has 0 heterocycles. The fraction of sp³-hybridized carbons (Fsp3) is 0.0182. The van der Waals surface area contributed by atoms with E-state index < -0.39 is 109 Å². The van der Waals surface area contributed by atoms with Crippen molar-refractivity contribution < 1.29 is 24.7 Å². The third-order valence-corrected chi connectivity index (χ3v) is 11.3. The number of benzene rings is 12. The summed E-state index contributed by atoms with van der Waals surface area (Å²) < 4.78 is 165. The molecule has 0 fully saturated rings. The molecule has 0 aliphatic heterocycles. The summed E-state index contributed by atoms with van der Waals surface area (Å²) in [6.07, 6.45) is 0.658. The molecule has 0 amide bonds. The van der Waals surface area contributed by atoms with Gasteiger partial charge < -0.3 is 0 Å². The van der Waals surface area contributed by atoms with Gasteiger partial charge in [0.2, 0.25) is 0 Å². The lowest BCUT2D eigenvalue weighted by molar-refractivity contribution is 1.27. The predicted molar refractivity (Wildman–Crippen MR) is 236 cm³/mol. The normalized spacial score (nSPS) is 17.2. The lowest BCUT2D eigenvalue weighted by Crippen LogP contribution is -1.92. The molecule has 252 valence electrons. The van der Waals surface area contributed by atoms with Gasteiger partial charge in [0.05, 0.1) is 24.7 Å². The summed E-state index contributed by atoms with van der Waals surface area (Å²) in [5, 5.41) is 0.557. The van der Waals surface area contributed by atoms with Gasteiger partial charge in [-0.05, 0) is 156 Å². The lowest BCUT2D eigenvalue weighted by Gasteiger charge is -2.19. The van der Waals surface area contributed by atoms with E-state index in [1.165, 1.54) is 0 Å². The van der Waals surface area contributed by atoms with Gasteiger partial charge >= 0.3 is 0 Å². The molecule has 12 aromatic carbocycles. The Bertz CT molecular complexity index is 4570. The minimum absolute atomic E-state index is 0.00887. The van der Waals surface area contributed by atoms with Crippen molar-refractivity contribution in [2.24, 2.45) is 0 Å². The molecule has 0 bridgehead atoms. The van der Waals surface area contributed by atoms with E-state index >= 15 is 0 Å². The Labute approximate surface area is 343 Å². The molecule has 0 saturated heterocycles. The third-order valence-electron chi connectivity index (χ3n) is 11.3. The quantitative estimate of drug-likeness (QED) is 0.160. The molecule has 13 rings (SSSR count). The molecule has 0 N–H and O–H groups in total. The molecular weight excluding hydrogens is 661 g/mol. The van der Waals surface area contributed by atoms with Gasteiger partial charge in [0, 0.05) is 0 Å². The van der Waals surface area contributed by atoms with Crippen LogP contribution in [0.15, 0.2) is 182 Å². The van der Waals surface area contributed by atoms with Gasteiger partial charge in [-0.1, -0.05) is 163 Å². The summed E-state index contributed by atoms with van der Waals surface area (Å²) in [6, 6.07) is 13.5. The van der Waals surface area contributed by atoms with Crippen LogP contribution in [0, 0.1) is 0 Å². The zero-order valence-electron chi connectivity index (χ0n) is 46.6. The van der Waals surface area contributed by atoms with Crippen molar-refractivity contribution in [2.45, 2.75) is 6.42 Å². The Hall–Kier alpha value is -7.02. The van der Waals surface area contributed by atoms with Gasteiger partial charge in [0.15, 0.2) is 0 Å². The average Bonchev–Trinajstić information content (AvgIpc) is 3.73. The van der Waals surface area contributed by atoms with Crippen molar-refractivity contribution >= 4 is 75.4 Å². The summed E-state index contributed by atoms with van der Waals surface area (Å²) in [6.45, 7) is 0. The van der Waals surface area contributed by atoms with E-state index in [1.807, 2.05) is 36.4 Å². The summed E-state index contributed by atoms with van der Waals surface area (Å²) >= 11 is 0. The Morgan fingerprint density at radius 2 is 0.800 bits per heavy atom. The highest BCUT2D eigenvalue weighted by molar-refractivity contribution is 6.27. The van der Waals surface area contributed by atoms with E-state index in [1.54, 1.807) is 18.2 Å². The highest BCUT2D eigenvalue weighted by Crippen LogP contribution is 2.47. The summed E-state index contributed by atoms with van der Waals surface area (Å²) in [5.41, 5.74) is 5.31. The zero-order chi connectivity index (χ0) is 51.4. The van der Waals surface area contributed by atoms with Crippen molar-refractivity contribution in [1.29, 1.82) is 0 Å². The van der Waals surface area contributed by atoms with Crippen LogP contribution in [-0.4, -0.2) is 0 Å². The second-order valence-electron chi connectivity index (χ2n) is 14.2. The molecule has 12 aromatic rings. The molecule has 0 atom stereocenters. The Balaban J connectivity index is 1.21. The topological polar surface area (TPSA) is 0 Å². The molecule has 0 aromatic heterocycles. The molecule has 0 nitrogen and oxygen atoms in total. The van der Waals surface area contributed by atoms with Crippen molar-refractivity contribution in [3.05, 3.63) is 193 Å². The van der Waals surface area contributed by atoms with Gasteiger partial charge in [0.25, 0.3) is 0 Å². The van der Waals surface area contributed by atoms with Crippen LogP contribution in [0.2, 0.25) is 0 Å². The van der Waals surface area contributed by atoms with Gasteiger partial charge in [-0.3, -0.25) is 0 Å². The van der Waals surface area contributed by atoms with Crippen LogP contribution in [0.25, 0.3) is 120 Å². The summed E-state index contributed by atoms with van der Waals surface area (Å²) in [4.78, 5) is 0. The van der Waals surface area contributed by atoms with Crippen LogP contribution < -0.4 is 0 Å². The van der Waals surface area contributed by atoms with Crippen molar-refractivity contribution in [1.82, 2.24) is 0 Å². The van der Waals surface area contributed by atoms with Gasteiger partial charge in [-0.25, -0.2) is 0 Å². The van der Waals surface area contributed by atoms with Crippen LogP contribution in [0.5, 0.6) is 0 Å². The molecule has 0 spiro atoms. The Morgan fingerprint density at radius 1 is 0.309 bits per heavy atom. The lowest BCUT2D eigenvalue weighted by atomic mass is 9.84. The van der Waals surface area contributed by atoms with E-state index in [9.17, 15) is 12.3 Å².